The predicted molar refractivity (Wildman–Crippen MR) is 122 cm³/mol. The Hall–Kier alpha value is -3.65. The van der Waals surface area contributed by atoms with Gasteiger partial charge in [-0.2, -0.15) is 0 Å². The number of anilines is 1. The number of nitrogens with one attached hydrogen (secondary N) is 1. The van der Waals surface area contributed by atoms with Gasteiger partial charge in [0.15, 0.2) is 4.96 Å². The fourth-order valence-electron chi connectivity index (χ4n) is 3.44. The Morgan fingerprint density at radius 2 is 1.84 bits per heavy atom. The number of benzene rings is 2. The summed E-state index contributed by atoms with van der Waals surface area (Å²) in [7, 11) is 3.13. The number of hydrogen-bond donors (Lipinski definition) is 1. The Balaban J connectivity index is 1.84. The highest BCUT2D eigenvalue weighted by Crippen LogP contribution is 2.35. The summed E-state index contributed by atoms with van der Waals surface area (Å²) in [5.74, 6) is 0.705. The van der Waals surface area contributed by atoms with Crippen LogP contribution in [0.2, 0.25) is 0 Å². The number of aromatic nitrogens is 2. The summed E-state index contributed by atoms with van der Waals surface area (Å²) in [5.41, 5.74) is 3.28. The number of methoxy groups -OCH3 is 2. The maximum Gasteiger partial charge on any atom is 0.271 e. The third-order valence-corrected chi connectivity index (χ3v) is 5.93. The lowest BCUT2D eigenvalue weighted by Crippen LogP contribution is -2.27. The van der Waals surface area contributed by atoms with Crippen molar-refractivity contribution in [1.29, 1.82) is 0 Å². The Morgan fingerprint density at radius 1 is 1.10 bits per heavy atom. The first-order chi connectivity index (χ1) is 14.9. The maximum atomic E-state index is 13.3. The lowest BCUT2D eigenvalue weighted by Gasteiger charge is -2.12. The standard InChI is InChI=1S/C23H21N3O4S/c1-13-6-5-7-14(2)20(13)25-21(27)17-11-24-23-26(22(17)28)18(12-31-23)16-10-15(29-3)8-9-19(16)30-4/h5-12H,1-4H3,(H,25,27). The molecule has 0 aliphatic carbocycles. The molecule has 0 bridgehead atoms. The minimum Gasteiger partial charge on any atom is -0.497 e. The van der Waals surface area contributed by atoms with Crippen molar-refractivity contribution in [3.63, 3.8) is 0 Å². The zero-order valence-electron chi connectivity index (χ0n) is 17.6. The van der Waals surface area contributed by atoms with Gasteiger partial charge in [0.1, 0.15) is 17.1 Å². The molecule has 4 rings (SSSR count). The van der Waals surface area contributed by atoms with Crippen molar-refractivity contribution < 1.29 is 14.3 Å². The molecule has 1 amide bonds. The van der Waals surface area contributed by atoms with Crippen LogP contribution in [-0.2, 0) is 0 Å². The molecule has 0 saturated carbocycles. The fraction of sp³-hybridized carbons (Fsp3) is 0.174. The van der Waals surface area contributed by atoms with E-state index in [9.17, 15) is 9.59 Å². The number of hydrogen-bond acceptors (Lipinski definition) is 6. The van der Waals surface area contributed by atoms with Gasteiger partial charge in [0.25, 0.3) is 11.5 Å². The number of aryl methyl sites for hydroxylation is 2. The fourth-order valence-corrected chi connectivity index (χ4v) is 4.29. The first kappa shape index (κ1) is 20.6. The van der Waals surface area contributed by atoms with Gasteiger partial charge in [0.2, 0.25) is 0 Å². The molecule has 0 fully saturated rings. The monoisotopic (exact) mass is 435 g/mol. The highest BCUT2D eigenvalue weighted by atomic mass is 32.1. The van der Waals surface area contributed by atoms with Crippen LogP contribution in [-0.4, -0.2) is 29.5 Å². The normalized spacial score (nSPS) is 10.8. The van der Waals surface area contributed by atoms with Gasteiger partial charge in [0.05, 0.1) is 19.9 Å². The highest BCUT2D eigenvalue weighted by Gasteiger charge is 2.20. The average Bonchev–Trinajstić information content (AvgIpc) is 3.21. The molecule has 0 spiro atoms. The minimum atomic E-state index is -0.501. The Morgan fingerprint density at radius 3 is 2.52 bits per heavy atom. The predicted octanol–water partition coefficient (Wildman–Crippen LogP) is 4.31. The molecule has 0 unspecified atom stereocenters. The van der Waals surface area contributed by atoms with E-state index in [2.05, 4.69) is 10.3 Å². The Bertz CT molecular complexity index is 1340. The summed E-state index contributed by atoms with van der Waals surface area (Å²) >= 11 is 1.31. The summed E-state index contributed by atoms with van der Waals surface area (Å²) in [4.78, 5) is 31.1. The number of carbonyl (C=O) groups excluding carboxylic acids is 1. The van der Waals surface area contributed by atoms with Gasteiger partial charge in [-0.15, -0.1) is 11.3 Å². The van der Waals surface area contributed by atoms with E-state index in [0.717, 1.165) is 11.1 Å². The first-order valence-corrected chi connectivity index (χ1v) is 10.4. The molecule has 1 N–H and O–H groups in total. The number of nitrogens with zero attached hydrogens (tertiary/aromatic N) is 2. The topological polar surface area (TPSA) is 81.9 Å². The van der Waals surface area contributed by atoms with Crippen LogP contribution in [0.1, 0.15) is 21.5 Å². The van der Waals surface area contributed by atoms with Crippen molar-refractivity contribution in [2.75, 3.05) is 19.5 Å². The maximum absolute atomic E-state index is 13.3. The molecule has 2 heterocycles. The summed E-state index contributed by atoms with van der Waals surface area (Å²) in [5, 5.41) is 4.67. The van der Waals surface area contributed by atoms with E-state index >= 15 is 0 Å². The zero-order chi connectivity index (χ0) is 22.1. The quantitative estimate of drug-likeness (QED) is 0.505. The first-order valence-electron chi connectivity index (χ1n) is 9.53. The zero-order valence-corrected chi connectivity index (χ0v) is 18.4. The number of ether oxygens (including phenoxy) is 2. The molecular weight excluding hydrogens is 414 g/mol. The molecule has 2 aromatic heterocycles. The molecule has 31 heavy (non-hydrogen) atoms. The second-order valence-electron chi connectivity index (χ2n) is 7.00. The number of rotatable bonds is 5. The van der Waals surface area contributed by atoms with Gasteiger partial charge in [-0.1, -0.05) is 18.2 Å². The van der Waals surface area contributed by atoms with E-state index in [0.29, 0.717) is 33.4 Å². The van der Waals surface area contributed by atoms with Crippen molar-refractivity contribution in [3.8, 4) is 22.8 Å². The lowest BCUT2D eigenvalue weighted by molar-refractivity contribution is 0.102. The number of thiazole rings is 1. The van der Waals surface area contributed by atoms with Gasteiger partial charge in [0, 0.05) is 22.8 Å². The number of fused-ring (bicyclic) bond motifs is 1. The molecule has 0 atom stereocenters. The van der Waals surface area contributed by atoms with Crippen LogP contribution in [0.15, 0.2) is 52.8 Å². The molecule has 0 radical (unpaired) electrons. The van der Waals surface area contributed by atoms with Gasteiger partial charge in [-0.25, -0.2) is 4.98 Å². The van der Waals surface area contributed by atoms with E-state index in [-0.39, 0.29) is 5.56 Å². The van der Waals surface area contributed by atoms with Crippen molar-refractivity contribution in [1.82, 2.24) is 9.38 Å². The SMILES string of the molecule is COc1ccc(OC)c(-c2csc3ncc(C(=O)Nc4c(C)cccc4C)c(=O)n23)c1. The molecule has 158 valence electrons. The van der Waals surface area contributed by atoms with Crippen LogP contribution in [0.3, 0.4) is 0 Å². The summed E-state index contributed by atoms with van der Waals surface area (Å²) in [6, 6.07) is 11.1. The van der Waals surface area contributed by atoms with Crippen LogP contribution in [0, 0.1) is 13.8 Å². The van der Waals surface area contributed by atoms with Gasteiger partial charge >= 0.3 is 0 Å². The number of para-hydroxylation sites is 1. The van der Waals surface area contributed by atoms with Crippen molar-refractivity contribution in [3.05, 3.63) is 75.0 Å². The van der Waals surface area contributed by atoms with Crippen molar-refractivity contribution in [2.24, 2.45) is 0 Å². The van der Waals surface area contributed by atoms with Crippen molar-refractivity contribution >= 4 is 27.9 Å². The van der Waals surface area contributed by atoms with Crippen molar-refractivity contribution in [2.45, 2.75) is 13.8 Å². The Kier molecular flexibility index (Phi) is 5.48. The summed E-state index contributed by atoms with van der Waals surface area (Å²) in [6.07, 6.45) is 1.32. The summed E-state index contributed by atoms with van der Waals surface area (Å²) in [6.45, 7) is 3.81. The molecule has 7 nitrogen and oxygen atoms in total. The van der Waals surface area contributed by atoms with Crippen LogP contribution < -0.4 is 20.3 Å². The Labute approximate surface area is 182 Å². The largest absolute Gasteiger partial charge is 0.497 e. The van der Waals surface area contributed by atoms with E-state index in [1.807, 2.05) is 37.4 Å². The van der Waals surface area contributed by atoms with Gasteiger partial charge in [-0.05, 0) is 43.2 Å². The van der Waals surface area contributed by atoms with E-state index < -0.39 is 11.5 Å². The van der Waals surface area contributed by atoms with Crippen LogP contribution >= 0.6 is 11.3 Å². The van der Waals surface area contributed by atoms with Crippen LogP contribution in [0.5, 0.6) is 11.5 Å². The summed E-state index contributed by atoms with van der Waals surface area (Å²) < 4.78 is 12.2. The van der Waals surface area contributed by atoms with E-state index in [1.165, 1.54) is 21.9 Å². The van der Waals surface area contributed by atoms with Gasteiger partial charge in [-0.3, -0.25) is 14.0 Å². The van der Waals surface area contributed by atoms with E-state index in [1.54, 1.807) is 32.4 Å². The smallest absolute Gasteiger partial charge is 0.271 e. The lowest BCUT2D eigenvalue weighted by atomic mass is 10.1. The van der Waals surface area contributed by atoms with Gasteiger partial charge < -0.3 is 14.8 Å². The molecule has 0 aliphatic heterocycles. The second-order valence-corrected chi connectivity index (χ2v) is 7.84. The number of amides is 1. The molecular formula is C23H21N3O4S. The van der Waals surface area contributed by atoms with Crippen LogP contribution in [0.4, 0.5) is 5.69 Å². The molecule has 2 aromatic carbocycles. The average molecular weight is 436 g/mol. The molecule has 8 heteroatoms. The van der Waals surface area contributed by atoms with Crippen LogP contribution in [0.25, 0.3) is 16.2 Å². The minimum absolute atomic E-state index is 0.0401. The second kappa shape index (κ2) is 8.23. The molecule has 0 saturated heterocycles. The number of carbonyl (C=O) groups is 1. The third kappa shape index (κ3) is 3.66. The van der Waals surface area contributed by atoms with E-state index in [4.69, 9.17) is 9.47 Å². The highest BCUT2D eigenvalue weighted by molar-refractivity contribution is 7.15. The molecule has 4 aromatic rings. The third-order valence-electron chi connectivity index (χ3n) is 5.09. The molecule has 0 aliphatic rings.